The van der Waals surface area contributed by atoms with Gasteiger partial charge in [-0.2, -0.15) is 0 Å². The second kappa shape index (κ2) is 5.17. The summed E-state index contributed by atoms with van der Waals surface area (Å²) in [6.45, 7) is 1.88. The fourth-order valence-electron chi connectivity index (χ4n) is 2.28. The van der Waals surface area contributed by atoms with E-state index in [1.165, 1.54) is 0 Å². The molecule has 2 aromatic rings. The van der Waals surface area contributed by atoms with E-state index < -0.39 is 6.10 Å². The van der Waals surface area contributed by atoms with Crippen LogP contribution in [0.4, 0.5) is 5.69 Å². The minimum atomic E-state index is -0.481. The van der Waals surface area contributed by atoms with Gasteiger partial charge in [0.05, 0.1) is 0 Å². The van der Waals surface area contributed by atoms with Gasteiger partial charge in [-0.1, -0.05) is 35.9 Å². The number of amides is 1. The molecular weight excluding hydrogens is 274 g/mol. The first-order valence-electron chi connectivity index (χ1n) is 6.45. The van der Waals surface area contributed by atoms with Crippen molar-refractivity contribution in [3.05, 3.63) is 58.6 Å². The van der Waals surface area contributed by atoms with E-state index in [0.717, 1.165) is 22.6 Å². The Morgan fingerprint density at radius 2 is 2.05 bits per heavy atom. The summed E-state index contributed by atoms with van der Waals surface area (Å²) in [5.41, 5.74) is 2.65. The Morgan fingerprint density at radius 1 is 1.25 bits per heavy atom. The highest BCUT2D eigenvalue weighted by atomic mass is 35.5. The molecule has 0 saturated carbocycles. The normalized spacial score (nSPS) is 16.4. The first kappa shape index (κ1) is 13.0. The molecule has 2 aromatic carbocycles. The minimum absolute atomic E-state index is 0.147. The van der Waals surface area contributed by atoms with Crippen LogP contribution < -0.4 is 10.1 Å². The summed E-state index contributed by atoms with van der Waals surface area (Å²) in [6, 6.07) is 13.2. The number of rotatable bonds is 2. The number of hydrogen-bond acceptors (Lipinski definition) is 2. The van der Waals surface area contributed by atoms with E-state index in [1.807, 2.05) is 43.3 Å². The Balaban J connectivity index is 1.74. The van der Waals surface area contributed by atoms with Crippen LogP contribution in [0.15, 0.2) is 42.5 Å². The van der Waals surface area contributed by atoms with E-state index in [1.54, 1.807) is 6.07 Å². The molecule has 0 aliphatic carbocycles. The lowest BCUT2D eigenvalue weighted by atomic mass is 10.1. The largest absolute Gasteiger partial charge is 0.480 e. The molecular formula is C16H14ClNO2. The summed E-state index contributed by atoms with van der Waals surface area (Å²) in [6.07, 6.45) is 0.118. The van der Waals surface area contributed by atoms with Gasteiger partial charge < -0.3 is 10.1 Å². The van der Waals surface area contributed by atoms with Gasteiger partial charge in [-0.25, -0.2) is 0 Å². The number of carbonyl (C=O) groups excluding carboxylic acids is 1. The van der Waals surface area contributed by atoms with E-state index in [0.29, 0.717) is 11.4 Å². The molecule has 20 heavy (non-hydrogen) atoms. The molecule has 1 atom stereocenters. The Kier molecular flexibility index (Phi) is 3.36. The van der Waals surface area contributed by atoms with Crippen molar-refractivity contribution in [2.75, 3.05) is 5.32 Å². The average molecular weight is 288 g/mol. The quantitative estimate of drug-likeness (QED) is 0.917. The van der Waals surface area contributed by atoms with Crippen LogP contribution in [0, 0.1) is 6.92 Å². The maximum absolute atomic E-state index is 12.3. The van der Waals surface area contributed by atoms with Crippen LogP contribution in [0.2, 0.25) is 5.02 Å². The predicted molar refractivity (Wildman–Crippen MR) is 79.4 cm³/mol. The third-order valence-electron chi connectivity index (χ3n) is 3.47. The number of anilines is 1. The van der Waals surface area contributed by atoms with Gasteiger partial charge in [-0.05, 0) is 36.2 Å². The van der Waals surface area contributed by atoms with Crippen LogP contribution in [-0.4, -0.2) is 12.0 Å². The fourth-order valence-corrected chi connectivity index (χ4v) is 2.46. The highest BCUT2D eigenvalue weighted by Gasteiger charge is 2.29. The Hall–Kier alpha value is -2.00. The SMILES string of the molecule is Cc1c(Cl)cccc1NC(=O)[C@H]1Cc2ccccc2O1. The summed E-state index contributed by atoms with van der Waals surface area (Å²) in [5.74, 6) is 0.641. The number of carbonyl (C=O) groups is 1. The molecule has 1 amide bonds. The summed E-state index contributed by atoms with van der Waals surface area (Å²) >= 11 is 6.05. The molecule has 4 heteroatoms. The summed E-state index contributed by atoms with van der Waals surface area (Å²) in [5, 5.41) is 3.52. The summed E-state index contributed by atoms with van der Waals surface area (Å²) < 4.78 is 5.67. The highest BCUT2D eigenvalue weighted by molar-refractivity contribution is 6.31. The first-order valence-corrected chi connectivity index (χ1v) is 6.83. The number of para-hydroxylation sites is 1. The van der Waals surface area contributed by atoms with Crippen molar-refractivity contribution in [1.29, 1.82) is 0 Å². The lowest BCUT2D eigenvalue weighted by molar-refractivity contribution is -0.122. The molecule has 1 N–H and O–H groups in total. The Labute approximate surface area is 122 Å². The maximum atomic E-state index is 12.3. The second-order valence-corrected chi connectivity index (χ2v) is 5.23. The Bertz CT molecular complexity index is 644. The molecule has 0 saturated heterocycles. The summed E-state index contributed by atoms with van der Waals surface area (Å²) in [4.78, 5) is 12.3. The van der Waals surface area contributed by atoms with E-state index in [4.69, 9.17) is 16.3 Å². The molecule has 0 radical (unpaired) electrons. The molecule has 0 aromatic heterocycles. The smallest absolute Gasteiger partial charge is 0.265 e. The second-order valence-electron chi connectivity index (χ2n) is 4.82. The van der Waals surface area contributed by atoms with E-state index in [-0.39, 0.29) is 5.91 Å². The molecule has 102 valence electrons. The molecule has 0 bridgehead atoms. The number of fused-ring (bicyclic) bond motifs is 1. The minimum Gasteiger partial charge on any atom is -0.480 e. The molecule has 1 heterocycles. The van der Waals surface area contributed by atoms with Crippen LogP contribution in [0.1, 0.15) is 11.1 Å². The standard InChI is InChI=1S/C16H14ClNO2/c1-10-12(17)6-4-7-13(10)18-16(19)15-9-11-5-2-3-8-14(11)20-15/h2-8,15H,9H2,1H3,(H,18,19)/t15-/m1/s1. The number of halogens is 1. The van der Waals surface area contributed by atoms with Gasteiger partial charge in [0.15, 0.2) is 6.10 Å². The van der Waals surface area contributed by atoms with Crippen molar-refractivity contribution in [1.82, 2.24) is 0 Å². The lowest BCUT2D eigenvalue weighted by Crippen LogP contribution is -2.31. The van der Waals surface area contributed by atoms with Crippen molar-refractivity contribution >= 4 is 23.2 Å². The number of benzene rings is 2. The molecule has 0 spiro atoms. The Morgan fingerprint density at radius 3 is 2.85 bits per heavy atom. The number of ether oxygens (including phenoxy) is 1. The van der Waals surface area contributed by atoms with E-state index >= 15 is 0 Å². The summed E-state index contributed by atoms with van der Waals surface area (Å²) in [7, 11) is 0. The van der Waals surface area contributed by atoms with E-state index in [2.05, 4.69) is 5.32 Å². The zero-order valence-electron chi connectivity index (χ0n) is 11.0. The molecule has 0 fully saturated rings. The molecule has 1 aliphatic heterocycles. The van der Waals surface area contributed by atoms with Gasteiger partial charge in [0.1, 0.15) is 5.75 Å². The monoisotopic (exact) mass is 287 g/mol. The van der Waals surface area contributed by atoms with Crippen LogP contribution in [0.5, 0.6) is 5.75 Å². The van der Waals surface area contributed by atoms with Gasteiger partial charge in [0, 0.05) is 17.1 Å². The van der Waals surface area contributed by atoms with E-state index in [9.17, 15) is 4.79 Å². The molecule has 0 unspecified atom stereocenters. The van der Waals surface area contributed by atoms with Gasteiger partial charge in [-0.3, -0.25) is 4.79 Å². The first-order chi connectivity index (χ1) is 9.65. The zero-order chi connectivity index (χ0) is 14.1. The van der Waals surface area contributed by atoms with Gasteiger partial charge in [0.2, 0.25) is 0 Å². The van der Waals surface area contributed by atoms with Crippen LogP contribution >= 0.6 is 11.6 Å². The highest BCUT2D eigenvalue weighted by Crippen LogP contribution is 2.29. The third kappa shape index (κ3) is 2.37. The predicted octanol–water partition coefficient (Wildman–Crippen LogP) is 3.59. The molecule has 3 rings (SSSR count). The molecule has 3 nitrogen and oxygen atoms in total. The van der Waals surface area contributed by atoms with Crippen molar-refractivity contribution in [3.63, 3.8) is 0 Å². The fraction of sp³-hybridized carbons (Fsp3) is 0.188. The van der Waals surface area contributed by atoms with Crippen LogP contribution in [-0.2, 0) is 11.2 Å². The third-order valence-corrected chi connectivity index (χ3v) is 3.87. The van der Waals surface area contributed by atoms with Crippen molar-refractivity contribution in [2.24, 2.45) is 0 Å². The topological polar surface area (TPSA) is 38.3 Å². The number of nitrogens with one attached hydrogen (secondary N) is 1. The average Bonchev–Trinajstić information content (AvgIpc) is 2.88. The van der Waals surface area contributed by atoms with Crippen molar-refractivity contribution in [2.45, 2.75) is 19.4 Å². The van der Waals surface area contributed by atoms with Gasteiger partial charge in [-0.15, -0.1) is 0 Å². The van der Waals surface area contributed by atoms with Crippen LogP contribution in [0.3, 0.4) is 0 Å². The maximum Gasteiger partial charge on any atom is 0.265 e. The zero-order valence-corrected chi connectivity index (χ0v) is 11.8. The van der Waals surface area contributed by atoms with Crippen LogP contribution in [0.25, 0.3) is 0 Å². The number of hydrogen-bond donors (Lipinski definition) is 1. The lowest BCUT2D eigenvalue weighted by Gasteiger charge is -2.13. The van der Waals surface area contributed by atoms with Gasteiger partial charge in [0.25, 0.3) is 5.91 Å². The molecule has 1 aliphatic rings. The van der Waals surface area contributed by atoms with Gasteiger partial charge >= 0.3 is 0 Å². The van der Waals surface area contributed by atoms with Crippen molar-refractivity contribution in [3.8, 4) is 5.75 Å². The van der Waals surface area contributed by atoms with Crippen molar-refractivity contribution < 1.29 is 9.53 Å².